The fourth-order valence-electron chi connectivity index (χ4n) is 3.40. The summed E-state index contributed by atoms with van der Waals surface area (Å²) in [4.78, 5) is 1.57. The Bertz CT molecular complexity index is 336. The van der Waals surface area contributed by atoms with E-state index >= 15 is 0 Å². The lowest BCUT2D eigenvalue weighted by atomic mass is 9.69. The summed E-state index contributed by atoms with van der Waals surface area (Å²) in [6.07, 6.45) is 11.3. The number of hydrogen-bond donors (Lipinski definition) is 1. The van der Waals surface area contributed by atoms with Gasteiger partial charge in [-0.1, -0.05) is 39.2 Å². The number of rotatable bonds is 7. The lowest BCUT2D eigenvalue weighted by Gasteiger charge is -2.38. The molecule has 1 nitrogen and oxygen atoms in total. The van der Waals surface area contributed by atoms with Crippen LogP contribution >= 0.6 is 11.3 Å². The van der Waals surface area contributed by atoms with E-state index in [9.17, 15) is 0 Å². The van der Waals surface area contributed by atoms with Gasteiger partial charge in [-0.3, -0.25) is 0 Å². The Morgan fingerprint density at radius 2 is 2.00 bits per heavy atom. The van der Waals surface area contributed by atoms with E-state index < -0.39 is 0 Å². The molecule has 1 aromatic rings. The Morgan fingerprint density at radius 1 is 1.21 bits per heavy atom. The molecule has 108 valence electrons. The van der Waals surface area contributed by atoms with Crippen LogP contribution in [0.4, 0.5) is 0 Å². The van der Waals surface area contributed by atoms with E-state index in [-0.39, 0.29) is 0 Å². The fraction of sp³-hybridized carbons (Fsp3) is 0.765. The molecule has 1 aliphatic carbocycles. The maximum Gasteiger partial charge on any atom is 0.00454 e. The molecule has 0 saturated heterocycles. The van der Waals surface area contributed by atoms with E-state index in [1.165, 1.54) is 57.9 Å². The van der Waals surface area contributed by atoms with Crippen LogP contribution in [0.3, 0.4) is 0 Å². The van der Waals surface area contributed by atoms with Crippen LogP contribution in [0.5, 0.6) is 0 Å². The smallest absolute Gasteiger partial charge is 0.00454 e. The van der Waals surface area contributed by atoms with E-state index in [0.29, 0.717) is 11.5 Å². The summed E-state index contributed by atoms with van der Waals surface area (Å²) in [6.45, 7) is 5.69. The van der Waals surface area contributed by atoms with Crippen LogP contribution in [0.1, 0.15) is 63.7 Å². The van der Waals surface area contributed by atoms with Crippen molar-refractivity contribution >= 4 is 11.3 Å². The highest BCUT2D eigenvalue weighted by molar-refractivity contribution is 7.09. The predicted octanol–water partition coefficient (Wildman–Crippen LogP) is 5.02. The third-order valence-corrected chi connectivity index (χ3v) is 5.54. The minimum atomic E-state index is 0.623. The molecular weight excluding hydrogens is 250 g/mol. The molecule has 1 aromatic heterocycles. The van der Waals surface area contributed by atoms with Gasteiger partial charge in [0.2, 0.25) is 0 Å². The van der Waals surface area contributed by atoms with E-state index in [4.69, 9.17) is 0 Å². The Kier molecular flexibility index (Phi) is 5.90. The zero-order chi connectivity index (χ0) is 13.6. The van der Waals surface area contributed by atoms with Crippen LogP contribution in [0, 0.1) is 5.41 Å². The summed E-state index contributed by atoms with van der Waals surface area (Å²) >= 11 is 1.92. The molecule has 0 aromatic carbocycles. The monoisotopic (exact) mass is 279 g/mol. The van der Waals surface area contributed by atoms with Crippen LogP contribution < -0.4 is 5.32 Å². The van der Waals surface area contributed by atoms with Gasteiger partial charge in [-0.05, 0) is 55.5 Å². The average molecular weight is 279 g/mol. The third-order valence-electron chi connectivity index (χ3n) is 4.60. The molecule has 0 aliphatic heterocycles. The number of hydrogen-bond acceptors (Lipinski definition) is 2. The number of aryl methyl sites for hydroxylation is 1. The Balaban J connectivity index is 1.86. The second kappa shape index (κ2) is 7.44. The average Bonchev–Trinajstić information content (AvgIpc) is 2.90. The second-order valence-corrected chi connectivity index (χ2v) is 7.53. The van der Waals surface area contributed by atoms with Gasteiger partial charge in [-0.25, -0.2) is 0 Å². The maximum absolute atomic E-state index is 3.61. The molecule has 0 amide bonds. The first-order valence-electron chi connectivity index (χ1n) is 7.96. The first-order chi connectivity index (χ1) is 9.20. The Labute approximate surface area is 122 Å². The van der Waals surface area contributed by atoms with Crippen LogP contribution in [0.25, 0.3) is 0 Å². The van der Waals surface area contributed by atoms with E-state index in [0.717, 1.165) is 0 Å². The summed E-state index contributed by atoms with van der Waals surface area (Å²) in [5, 5.41) is 5.82. The molecule has 1 aliphatic rings. The number of thiophene rings is 1. The van der Waals surface area contributed by atoms with E-state index in [1.807, 2.05) is 11.3 Å². The molecule has 1 fully saturated rings. The van der Waals surface area contributed by atoms with Gasteiger partial charge in [0.25, 0.3) is 0 Å². The molecular formula is C17H29NS. The van der Waals surface area contributed by atoms with E-state index in [1.54, 1.807) is 4.88 Å². The van der Waals surface area contributed by atoms with Crippen molar-refractivity contribution in [3.8, 4) is 0 Å². The molecule has 0 spiro atoms. The summed E-state index contributed by atoms with van der Waals surface area (Å²) in [6, 6.07) is 5.11. The van der Waals surface area contributed by atoms with Crippen molar-refractivity contribution < 1.29 is 0 Å². The zero-order valence-electron chi connectivity index (χ0n) is 12.6. The lowest BCUT2D eigenvalue weighted by molar-refractivity contribution is 0.156. The molecule has 1 N–H and O–H groups in total. The van der Waals surface area contributed by atoms with Gasteiger partial charge >= 0.3 is 0 Å². The van der Waals surface area contributed by atoms with Crippen molar-refractivity contribution in [2.24, 2.45) is 5.41 Å². The van der Waals surface area contributed by atoms with Crippen LogP contribution in [0.15, 0.2) is 17.5 Å². The van der Waals surface area contributed by atoms with Gasteiger partial charge < -0.3 is 5.32 Å². The summed E-state index contributed by atoms with van der Waals surface area (Å²) in [5.74, 6) is 0. The molecule has 2 heteroatoms. The SMILES string of the molecule is CC(C)NCCC1(CCc2cccs2)CCCCC1. The van der Waals surface area contributed by atoms with Crippen molar-refractivity contribution in [1.82, 2.24) is 5.32 Å². The molecule has 0 bridgehead atoms. The normalized spacial score (nSPS) is 18.9. The largest absolute Gasteiger partial charge is 0.315 e. The minimum Gasteiger partial charge on any atom is -0.315 e. The first kappa shape index (κ1) is 15.1. The summed E-state index contributed by atoms with van der Waals surface area (Å²) < 4.78 is 0. The fourth-order valence-corrected chi connectivity index (χ4v) is 4.10. The van der Waals surface area contributed by atoms with Crippen LogP contribution in [-0.2, 0) is 6.42 Å². The Morgan fingerprint density at radius 3 is 2.63 bits per heavy atom. The summed E-state index contributed by atoms with van der Waals surface area (Å²) in [5.41, 5.74) is 0.629. The highest BCUT2D eigenvalue weighted by Crippen LogP contribution is 2.43. The van der Waals surface area contributed by atoms with Gasteiger partial charge in [0, 0.05) is 10.9 Å². The zero-order valence-corrected chi connectivity index (χ0v) is 13.4. The standard InChI is InChI=1S/C17H29NS/c1-15(2)18-13-12-17(9-4-3-5-10-17)11-8-16-7-6-14-19-16/h6-7,14-15,18H,3-5,8-13H2,1-2H3. The predicted molar refractivity (Wildman–Crippen MR) is 85.9 cm³/mol. The minimum absolute atomic E-state index is 0.623. The van der Waals surface area contributed by atoms with Crippen LogP contribution in [0.2, 0.25) is 0 Å². The topological polar surface area (TPSA) is 12.0 Å². The third kappa shape index (κ3) is 4.92. The van der Waals surface area contributed by atoms with Gasteiger partial charge in [0.1, 0.15) is 0 Å². The molecule has 0 unspecified atom stereocenters. The van der Waals surface area contributed by atoms with Crippen molar-refractivity contribution in [3.63, 3.8) is 0 Å². The highest BCUT2D eigenvalue weighted by Gasteiger charge is 2.31. The molecule has 2 rings (SSSR count). The highest BCUT2D eigenvalue weighted by atomic mass is 32.1. The van der Waals surface area contributed by atoms with E-state index in [2.05, 4.69) is 36.7 Å². The quantitative estimate of drug-likeness (QED) is 0.739. The van der Waals surface area contributed by atoms with Crippen molar-refractivity contribution in [2.45, 2.75) is 71.3 Å². The summed E-state index contributed by atoms with van der Waals surface area (Å²) in [7, 11) is 0. The molecule has 0 radical (unpaired) electrons. The number of nitrogens with one attached hydrogen (secondary N) is 1. The van der Waals surface area contributed by atoms with Crippen molar-refractivity contribution in [3.05, 3.63) is 22.4 Å². The van der Waals surface area contributed by atoms with Crippen LogP contribution in [-0.4, -0.2) is 12.6 Å². The molecule has 1 saturated carbocycles. The van der Waals surface area contributed by atoms with Crippen molar-refractivity contribution in [1.29, 1.82) is 0 Å². The molecule has 1 heterocycles. The molecule has 19 heavy (non-hydrogen) atoms. The van der Waals surface area contributed by atoms with Gasteiger partial charge in [0.05, 0.1) is 0 Å². The van der Waals surface area contributed by atoms with Crippen molar-refractivity contribution in [2.75, 3.05) is 6.54 Å². The Hall–Kier alpha value is -0.340. The lowest BCUT2D eigenvalue weighted by Crippen LogP contribution is -2.32. The first-order valence-corrected chi connectivity index (χ1v) is 8.84. The molecule has 0 atom stereocenters. The maximum atomic E-state index is 3.61. The van der Waals surface area contributed by atoms with Gasteiger partial charge in [0.15, 0.2) is 0 Å². The van der Waals surface area contributed by atoms with Gasteiger partial charge in [-0.2, -0.15) is 0 Å². The second-order valence-electron chi connectivity index (χ2n) is 6.50. The van der Waals surface area contributed by atoms with Gasteiger partial charge in [-0.15, -0.1) is 11.3 Å².